The lowest BCUT2D eigenvalue weighted by atomic mass is 10.2. The Hall–Kier alpha value is -1.32. The third-order valence-corrected chi connectivity index (χ3v) is 4.53. The largest absolute Gasteiger partial charge is 0.486 e. The Balaban J connectivity index is 2.25. The molecule has 6 heteroatoms. The van der Waals surface area contributed by atoms with E-state index in [0.717, 1.165) is 33.3 Å². The molecule has 0 bridgehead atoms. The smallest absolute Gasteiger partial charge is 0.137 e. The Morgan fingerprint density at radius 2 is 2.10 bits per heavy atom. The predicted octanol–water partition coefficient (Wildman–Crippen LogP) is 4.44. The van der Waals surface area contributed by atoms with E-state index >= 15 is 0 Å². The van der Waals surface area contributed by atoms with Crippen LogP contribution in [-0.4, -0.2) is 9.78 Å². The van der Waals surface area contributed by atoms with Crippen molar-refractivity contribution in [2.45, 2.75) is 33.4 Å². The van der Waals surface area contributed by atoms with Crippen molar-refractivity contribution in [3.05, 3.63) is 44.1 Å². The average Bonchev–Trinajstić information content (AvgIpc) is 2.81. The fourth-order valence-electron chi connectivity index (χ4n) is 2.02. The zero-order chi connectivity index (χ0) is 15.4. The highest BCUT2D eigenvalue weighted by molar-refractivity contribution is 9.10. The van der Waals surface area contributed by atoms with Crippen molar-refractivity contribution in [1.29, 1.82) is 5.26 Å². The molecule has 0 atom stereocenters. The van der Waals surface area contributed by atoms with Gasteiger partial charge in [-0.2, -0.15) is 10.4 Å². The summed E-state index contributed by atoms with van der Waals surface area (Å²) in [5.41, 5.74) is 2.52. The molecule has 21 heavy (non-hydrogen) atoms. The van der Waals surface area contributed by atoms with Gasteiger partial charge in [0.25, 0.3) is 0 Å². The van der Waals surface area contributed by atoms with Gasteiger partial charge in [-0.3, -0.25) is 4.68 Å². The van der Waals surface area contributed by atoms with Crippen LogP contribution >= 0.6 is 31.9 Å². The maximum Gasteiger partial charge on any atom is 0.137 e. The molecule has 0 radical (unpaired) electrons. The number of nitrogens with zero attached hydrogens (tertiary/aromatic N) is 3. The van der Waals surface area contributed by atoms with Crippen LogP contribution < -0.4 is 4.74 Å². The number of benzene rings is 1. The second-order valence-corrected chi connectivity index (χ2v) is 6.13. The Labute approximate surface area is 141 Å². The van der Waals surface area contributed by atoms with Gasteiger partial charge in [0, 0.05) is 11.0 Å². The number of aromatic nitrogens is 2. The molecule has 0 N–H and O–H groups in total. The summed E-state index contributed by atoms with van der Waals surface area (Å²) < 4.78 is 9.59. The van der Waals surface area contributed by atoms with Crippen LogP contribution in [0.4, 0.5) is 0 Å². The highest BCUT2D eigenvalue weighted by Gasteiger charge is 2.15. The van der Waals surface area contributed by atoms with E-state index in [0.29, 0.717) is 17.9 Å². The molecule has 0 aliphatic heterocycles. The van der Waals surface area contributed by atoms with E-state index in [9.17, 15) is 0 Å². The van der Waals surface area contributed by atoms with E-state index in [1.807, 2.05) is 17.7 Å². The quantitative estimate of drug-likeness (QED) is 0.729. The minimum absolute atomic E-state index is 0.373. The zero-order valence-electron chi connectivity index (χ0n) is 11.9. The standard InChI is InChI=1S/C15H15Br2N3O/c1-3-12-15(17)13(20(4-2)19-12)9-21-14-6-5-11(16)7-10(14)8-18/h5-7H,3-4,9H2,1-2H3. The van der Waals surface area contributed by atoms with Crippen molar-refractivity contribution >= 4 is 31.9 Å². The topological polar surface area (TPSA) is 50.8 Å². The summed E-state index contributed by atoms with van der Waals surface area (Å²) in [6.45, 7) is 5.27. The van der Waals surface area contributed by atoms with Gasteiger partial charge in [0.05, 0.1) is 21.4 Å². The van der Waals surface area contributed by atoms with Gasteiger partial charge >= 0.3 is 0 Å². The molecule has 110 valence electrons. The van der Waals surface area contributed by atoms with E-state index in [2.05, 4.69) is 50.0 Å². The molecule has 0 aliphatic rings. The van der Waals surface area contributed by atoms with Gasteiger partial charge < -0.3 is 4.74 Å². The first-order valence-corrected chi connectivity index (χ1v) is 8.25. The van der Waals surface area contributed by atoms with E-state index in [1.165, 1.54) is 0 Å². The van der Waals surface area contributed by atoms with E-state index in [-0.39, 0.29) is 0 Å². The van der Waals surface area contributed by atoms with Crippen molar-refractivity contribution in [2.24, 2.45) is 0 Å². The number of aryl methyl sites for hydroxylation is 2. The van der Waals surface area contributed by atoms with Gasteiger partial charge in [-0.1, -0.05) is 22.9 Å². The van der Waals surface area contributed by atoms with Crippen LogP contribution in [0.1, 0.15) is 30.8 Å². The number of hydrogen-bond donors (Lipinski definition) is 0. The minimum Gasteiger partial charge on any atom is -0.486 e. The van der Waals surface area contributed by atoms with E-state index in [1.54, 1.807) is 12.1 Å². The second kappa shape index (κ2) is 7.10. The average molecular weight is 413 g/mol. The van der Waals surface area contributed by atoms with Gasteiger partial charge in [-0.05, 0) is 47.5 Å². The third-order valence-electron chi connectivity index (χ3n) is 3.12. The van der Waals surface area contributed by atoms with Gasteiger partial charge in [0.2, 0.25) is 0 Å². The minimum atomic E-state index is 0.373. The number of ether oxygens (including phenoxy) is 1. The van der Waals surface area contributed by atoms with Gasteiger partial charge in [-0.25, -0.2) is 0 Å². The molecule has 0 unspecified atom stereocenters. The van der Waals surface area contributed by atoms with Crippen molar-refractivity contribution in [3.8, 4) is 11.8 Å². The summed E-state index contributed by atoms with van der Waals surface area (Å²) in [5.74, 6) is 0.578. The Kier molecular flexibility index (Phi) is 5.43. The Morgan fingerprint density at radius 3 is 2.71 bits per heavy atom. The molecule has 2 aromatic rings. The monoisotopic (exact) mass is 411 g/mol. The highest BCUT2D eigenvalue weighted by atomic mass is 79.9. The summed E-state index contributed by atoms with van der Waals surface area (Å²) in [5, 5.41) is 13.7. The molecule has 0 spiro atoms. The molecule has 0 saturated heterocycles. The molecule has 0 amide bonds. The molecule has 0 aliphatic carbocycles. The number of halogens is 2. The van der Waals surface area contributed by atoms with Crippen LogP contribution in [0.5, 0.6) is 5.75 Å². The summed E-state index contributed by atoms with van der Waals surface area (Å²) in [6, 6.07) is 7.55. The predicted molar refractivity (Wildman–Crippen MR) is 88.2 cm³/mol. The first kappa shape index (κ1) is 16.1. The second-order valence-electron chi connectivity index (χ2n) is 4.42. The van der Waals surface area contributed by atoms with Crippen LogP contribution in [-0.2, 0) is 19.6 Å². The molecular weight excluding hydrogens is 398 g/mol. The lowest BCUT2D eigenvalue weighted by Crippen LogP contribution is -2.07. The molecular formula is C15H15Br2N3O. The van der Waals surface area contributed by atoms with Crippen molar-refractivity contribution < 1.29 is 4.74 Å². The number of hydrogen-bond acceptors (Lipinski definition) is 3. The van der Waals surface area contributed by atoms with Crippen LogP contribution in [0.3, 0.4) is 0 Å². The molecule has 2 rings (SSSR count). The summed E-state index contributed by atoms with van der Waals surface area (Å²) >= 11 is 6.94. The number of nitriles is 1. The van der Waals surface area contributed by atoms with Gasteiger partial charge in [0.15, 0.2) is 0 Å². The van der Waals surface area contributed by atoms with Gasteiger partial charge in [-0.15, -0.1) is 0 Å². The maximum absolute atomic E-state index is 9.16. The van der Waals surface area contributed by atoms with Gasteiger partial charge in [0.1, 0.15) is 18.4 Å². The van der Waals surface area contributed by atoms with Crippen molar-refractivity contribution in [3.63, 3.8) is 0 Å². The third kappa shape index (κ3) is 3.47. The van der Waals surface area contributed by atoms with Crippen molar-refractivity contribution in [2.75, 3.05) is 0 Å². The molecule has 4 nitrogen and oxygen atoms in total. The van der Waals surface area contributed by atoms with E-state index < -0.39 is 0 Å². The molecule has 1 aromatic carbocycles. The van der Waals surface area contributed by atoms with Crippen LogP contribution in [0.15, 0.2) is 27.1 Å². The molecule has 1 heterocycles. The summed E-state index contributed by atoms with van der Waals surface area (Å²) in [7, 11) is 0. The van der Waals surface area contributed by atoms with Crippen molar-refractivity contribution in [1.82, 2.24) is 9.78 Å². The van der Waals surface area contributed by atoms with Crippen LogP contribution in [0, 0.1) is 11.3 Å². The fourth-order valence-corrected chi connectivity index (χ4v) is 3.06. The van der Waals surface area contributed by atoms with Crippen LogP contribution in [0.2, 0.25) is 0 Å². The highest BCUT2D eigenvalue weighted by Crippen LogP contribution is 2.26. The molecule has 0 saturated carbocycles. The van der Waals surface area contributed by atoms with Crippen LogP contribution in [0.25, 0.3) is 0 Å². The summed E-state index contributed by atoms with van der Waals surface area (Å²) in [6.07, 6.45) is 0.863. The first-order valence-electron chi connectivity index (χ1n) is 6.67. The summed E-state index contributed by atoms with van der Waals surface area (Å²) in [4.78, 5) is 0. The SMILES string of the molecule is CCc1nn(CC)c(COc2ccc(Br)cc2C#N)c1Br. The van der Waals surface area contributed by atoms with E-state index in [4.69, 9.17) is 10.00 Å². The lowest BCUT2D eigenvalue weighted by molar-refractivity contribution is 0.291. The Bertz CT molecular complexity index is 689. The maximum atomic E-state index is 9.16. The molecule has 1 aromatic heterocycles. The first-order chi connectivity index (χ1) is 10.1. The zero-order valence-corrected chi connectivity index (χ0v) is 15.0. The molecule has 0 fully saturated rings. The Morgan fingerprint density at radius 1 is 1.33 bits per heavy atom. The lowest BCUT2D eigenvalue weighted by Gasteiger charge is -2.10. The normalized spacial score (nSPS) is 10.4. The number of rotatable bonds is 5. The fraction of sp³-hybridized carbons (Fsp3) is 0.333.